The Morgan fingerprint density at radius 3 is 2.75 bits per heavy atom. The Morgan fingerprint density at radius 1 is 1.25 bits per heavy atom. The summed E-state index contributed by atoms with van der Waals surface area (Å²) in [4.78, 5) is 38.4. The molecule has 8 heteroatoms. The van der Waals surface area contributed by atoms with Gasteiger partial charge in [0, 0.05) is 12.3 Å². The van der Waals surface area contributed by atoms with Crippen LogP contribution < -0.4 is 0 Å². The van der Waals surface area contributed by atoms with Crippen LogP contribution in [0.3, 0.4) is 0 Å². The molecule has 0 amide bonds. The van der Waals surface area contributed by atoms with E-state index in [4.69, 9.17) is 18.6 Å². The molecular weight excluding hydrogens is 368 g/mol. The van der Waals surface area contributed by atoms with Gasteiger partial charge in [0.15, 0.2) is 11.4 Å². The Balaban J connectivity index is 1.51. The van der Waals surface area contributed by atoms with Crippen LogP contribution >= 0.6 is 0 Å². The Hall–Kier alpha value is -2.19. The van der Waals surface area contributed by atoms with Crippen molar-refractivity contribution >= 4 is 17.7 Å². The fourth-order valence-electron chi connectivity index (χ4n) is 6.78. The Labute approximate surface area is 160 Å². The second-order valence-electron chi connectivity index (χ2n) is 9.25. The Bertz CT molecular complexity index is 923. The standard InChI is InChI=1S/C20H20O8/c1-18(6-10(21)8-3-4-25-7-8)9-5-11(26-16(9)22)19(2)14(18)12-13-15(27-13)20(19,24)17(23)28-12/h3-4,7,9,11-15,24H,5-6H2,1-2H3/t9?,11?,12-,13-,14?,15-,18+,19+,20-/m0/s1. The maximum Gasteiger partial charge on any atom is 0.342 e. The van der Waals surface area contributed by atoms with Crippen LogP contribution in [0.5, 0.6) is 0 Å². The van der Waals surface area contributed by atoms with Crippen LogP contribution in [-0.2, 0) is 23.8 Å². The molecule has 6 fully saturated rings. The smallest absolute Gasteiger partial charge is 0.342 e. The monoisotopic (exact) mass is 388 g/mol. The zero-order valence-electron chi connectivity index (χ0n) is 15.4. The minimum atomic E-state index is -1.89. The lowest BCUT2D eigenvalue weighted by atomic mass is 9.41. The fraction of sp³-hybridized carbons (Fsp3) is 0.650. The van der Waals surface area contributed by atoms with Gasteiger partial charge in [-0.3, -0.25) is 9.59 Å². The topological polar surface area (TPSA) is 116 Å². The molecule has 28 heavy (non-hydrogen) atoms. The van der Waals surface area contributed by atoms with Crippen LogP contribution in [0.15, 0.2) is 23.0 Å². The molecule has 0 radical (unpaired) electrons. The number of esters is 2. The summed E-state index contributed by atoms with van der Waals surface area (Å²) in [5.74, 6) is -2.22. The van der Waals surface area contributed by atoms with Gasteiger partial charge in [0.25, 0.3) is 0 Å². The quantitative estimate of drug-likeness (QED) is 0.461. The second kappa shape index (κ2) is 4.68. The summed E-state index contributed by atoms with van der Waals surface area (Å²) in [6, 6.07) is 1.59. The third-order valence-corrected chi connectivity index (χ3v) is 8.16. The maximum absolute atomic E-state index is 13.0. The highest BCUT2D eigenvalue weighted by molar-refractivity contribution is 5.97. The number of ketones is 1. The highest BCUT2D eigenvalue weighted by Crippen LogP contribution is 2.72. The lowest BCUT2D eigenvalue weighted by molar-refractivity contribution is -0.283. The molecule has 0 aromatic carbocycles. The van der Waals surface area contributed by atoms with Crippen molar-refractivity contribution in [3.63, 3.8) is 0 Å². The number of carbonyl (C=O) groups is 3. The van der Waals surface area contributed by atoms with E-state index in [9.17, 15) is 19.5 Å². The van der Waals surface area contributed by atoms with E-state index >= 15 is 0 Å². The fourth-order valence-corrected chi connectivity index (χ4v) is 6.78. The van der Waals surface area contributed by atoms with Gasteiger partial charge in [-0.1, -0.05) is 13.8 Å². The molecule has 9 atom stereocenters. The normalized spacial score (nSPS) is 52.5. The third kappa shape index (κ3) is 1.57. The summed E-state index contributed by atoms with van der Waals surface area (Å²) in [5, 5.41) is 11.5. The third-order valence-electron chi connectivity index (χ3n) is 8.16. The Morgan fingerprint density at radius 2 is 2.04 bits per heavy atom. The van der Waals surface area contributed by atoms with Gasteiger partial charge in [0.05, 0.1) is 23.2 Å². The molecule has 2 saturated carbocycles. The van der Waals surface area contributed by atoms with Gasteiger partial charge in [-0.2, -0.15) is 0 Å². The minimum Gasteiger partial charge on any atom is -0.472 e. The van der Waals surface area contributed by atoms with E-state index < -0.39 is 58.7 Å². The van der Waals surface area contributed by atoms with E-state index in [0.29, 0.717) is 12.0 Å². The Kier molecular flexibility index (Phi) is 2.80. The summed E-state index contributed by atoms with van der Waals surface area (Å²) in [5.41, 5.74) is -3.41. The van der Waals surface area contributed by atoms with Crippen LogP contribution in [0.25, 0.3) is 0 Å². The molecule has 1 aromatic rings. The number of furan rings is 1. The van der Waals surface area contributed by atoms with E-state index in [-0.39, 0.29) is 18.2 Å². The molecule has 6 aliphatic rings. The molecule has 4 bridgehead atoms. The molecule has 4 aliphatic heterocycles. The van der Waals surface area contributed by atoms with Crippen LogP contribution in [0, 0.1) is 22.7 Å². The predicted octanol–water partition coefficient (Wildman–Crippen LogP) is 0.864. The summed E-state index contributed by atoms with van der Waals surface area (Å²) < 4.78 is 22.0. The van der Waals surface area contributed by atoms with Crippen molar-refractivity contribution in [2.75, 3.05) is 0 Å². The lowest BCUT2D eigenvalue weighted by Gasteiger charge is -2.64. The van der Waals surface area contributed by atoms with Crippen molar-refractivity contribution < 1.29 is 38.1 Å². The average Bonchev–Trinajstić information content (AvgIpc) is 3.10. The van der Waals surface area contributed by atoms with Crippen molar-refractivity contribution in [3.8, 4) is 0 Å². The highest BCUT2D eigenvalue weighted by Gasteiger charge is 2.87. The van der Waals surface area contributed by atoms with Gasteiger partial charge in [-0.05, 0) is 17.9 Å². The molecule has 7 rings (SSSR count). The van der Waals surface area contributed by atoms with Gasteiger partial charge in [0.2, 0.25) is 0 Å². The van der Waals surface area contributed by atoms with E-state index in [1.807, 2.05) is 6.92 Å². The number of aliphatic hydroxyl groups is 1. The number of ether oxygens (including phenoxy) is 3. The van der Waals surface area contributed by atoms with E-state index in [2.05, 4.69) is 0 Å². The van der Waals surface area contributed by atoms with E-state index in [1.165, 1.54) is 12.5 Å². The van der Waals surface area contributed by atoms with Crippen molar-refractivity contribution in [1.82, 2.24) is 0 Å². The van der Waals surface area contributed by atoms with E-state index in [0.717, 1.165) is 0 Å². The molecule has 5 heterocycles. The zero-order valence-corrected chi connectivity index (χ0v) is 15.4. The first-order valence-corrected chi connectivity index (χ1v) is 9.57. The zero-order chi connectivity index (χ0) is 19.6. The predicted molar refractivity (Wildman–Crippen MR) is 88.8 cm³/mol. The number of hydrogen-bond donors (Lipinski definition) is 1. The molecule has 148 valence electrons. The first-order chi connectivity index (χ1) is 13.2. The first kappa shape index (κ1) is 16.7. The van der Waals surface area contributed by atoms with Crippen LogP contribution in [0.1, 0.15) is 37.0 Å². The van der Waals surface area contributed by atoms with Gasteiger partial charge < -0.3 is 23.7 Å². The SMILES string of the molecule is C[C@@]1(CC(=O)c2ccoc2)C2CC(OC2=O)[C@]2(C)C1[C@H]1OC(=O)[C@@]2(O)[C@H]2O[C@@H]12. The van der Waals surface area contributed by atoms with Crippen LogP contribution in [-0.4, -0.2) is 52.8 Å². The molecular formula is C20H20O8. The number of rotatable bonds is 3. The van der Waals surface area contributed by atoms with Crippen LogP contribution in [0.4, 0.5) is 0 Å². The summed E-state index contributed by atoms with van der Waals surface area (Å²) >= 11 is 0. The van der Waals surface area contributed by atoms with Crippen molar-refractivity contribution in [3.05, 3.63) is 24.2 Å². The number of carbonyl (C=O) groups excluding carboxylic acids is 3. The van der Waals surface area contributed by atoms with Gasteiger partial charge in [0.1, 0.15) is 30.7 Å². The largest absolute Gasteiger partial charge is 0.472 e. The average molecular weight is 388 g/mol. The van der Waals surface area contributed by atoms with Crippen molar-refractivity contribution in [2.24, 2.45) is 22.7 Å². The van der Waals surface area contributed by atoms with Crippen molar-refractivity contribution in [2.45, 2.75) is 56.7 Å². The first-order valence-electron chi connectivity index (χ1n) is 9.57. The molecule has 8 nitrogen and oxygen atoms in total. The summed E-state index contributed by atoms with van der Waals surface area (Å²) in [6.45, 7) is 3.65. The molecule has 4 saturated heterocycles. The molecule has 2 aliphatic carbocycles. The highest BCUT2D eigenvalue weighted by atomic mass is 16.7. The summed E-state index contributed by atoms with van der Waals surface area (Å²) in [6.07, 6.45) is 0.944. The van der Waals surface area contributed by atoms with Crippen LogP contribution in [0.2, 0.25) is 0 Å². The van der Waals surface area contributed by atoms with Gasteiger partial charge in [-0.15, -0.1) is 0 Å². The summed E-state index contributed by atoms with van der Waals surface area (Å²) in [7, 11) is 0. The second-order valence-corrected chi connectivity index (χ2v) is 9.25. The number of hydrogen-bond acceptors (Lipinski definition) is 8. The number of fused-ring (bicyclic) bond motifs is 3. The number of epoxide rings is 1. The molecule has 1 N–H and O–H groups in total. The molecule has 3 unspecified atom stereocenters. The number of Topliss-reactive ketones (excluding diaryl/α,β-unsaturated/α-hetero) is 1. The van der Waals surface area contributed by atoms with E-state index in [1.54, 1.807) is 13.0 Å². The molecule has 1 aromatic heterocycles. The maximum atomic E-state index is 13.0. The lowest BCUT2D eigenvalue weighted by Crippen LogP contribution is -2.78. The minimum absolute atomic E-state index is 0.0563. The van der Waals surface area contributed by atoms with Crippen molar-refractivity contribution in [1.29, 1.82) is 0 Å². The molecule has 0 spiro atoms. The van der Waals surface area contributed by atoms with Gasteiger partial charge >= 0.3 is 11.9 Å². The van der Waals surface area contributed by atoms with Gasteiger partial charge in [-0.25, -0.2) is 4.79 Å².